The van der Waals surface area contributed by atoms with Gasteiger partial charge in [0.25, 0.3) is 5.91 Å². The molecule has 1 fully saturated rings. The molecule has 160 valence electrons. The van der Waals surface area contributed by atoms with Gasteiger partial charge < -0.3 is 15.1 Å². The normalized spacial score (nSPS) is 18.3. The minimum Gasteiger partial charge on any atom is -0.339 e. The highest BCUT2D eigenvalue weighted by Crippen LogP contribution is 2.19. The Kier molecular flexibility index (Phi) is 6.41. The summed E-state index contributed by atoms with van der Waals surface area (Å²) in [6.07, 6.45) is 8.68. The molecule has 2 aromatic rings. The zero-order chi connectivity index (χ0) is 21.6. The SMILES string of the molecule is O=C1N=CC=CC1C(=O)Nc1nc(CCC(=O)N2CCN(c3ncccn3)CC2)cs1. The van der Waals surface area contributed by atoms with Crippen molar-refractivity contribution in [2.45, 2.75) is 12.8 Å². The third kappa shape index (κ3) is 5.18. The highest BCUT2D eigenvalue weighted by atomic mass is 32.1. The number of aromatic nitrogens is 3. The van der Waals surface area contributed by atoms with Crippen molar-refractivity contribution in [3.05, 3.63) is 41.7 Å². The fraction of sp³-hybridized carbons (Fsp3) is 0.350. The summed E-state index contributed by atoms with van der Waals surface area (Å²) in [5.74, 6) is -1.14. The van der Waals surface area contributed by atoms with Gasteiger partial charge >= 0.3 is 0 Å². The van der Waals surface area contributed by atoms with Crippen LogP contribution in [-0.4, -0.2) is 70.0 Å². The molecule has 10 nitrogen and oxygen atoms in total. The molecule has 4 rings (SSSR count). The largest absolute Gasteiger partial charge is 0.339 e. The molecule has 2 aliphatic heterocycles. The van der Waals surface area contributed by atoms with Crippen molar-refractivity contribution in [3.8, 4) is 0 Å². The number of nitrogens with one attached hydrogen (secondary N) is 1. The molecule has 1 N–H and O–H groups in total. The Morgan fingerprint density at radius 1 is 1.16 bits per heavy atom. The van der Waals surface area contributed by atoms with Crippen molar-refractivity contribution in [2.75, 3.05) is 36.4 Å². The van der Waals surface area contributed by atoms with Crippen LogP contribution in [-0.2, 0) is 20.8 Å². The van der Waals surface area contributed by atoms with Crippen LogP contribution in [0.1, 0.15) is 12.1 Å². The summed E-state index contributed by atoms with van der Waals surface area (Å²) in [4.78, 5) is 56.9. The third-order valence-corrected chi connectivity index (χ3v) is 5.79. The van der Waals surface area contributed by atoms with Crippen LogP contribution in [0.25, 0.3) is 0 Å². The molecule has 0 aliphatic carbocycles. The number of piperazine rings is 1. The van der Waals surface area contributed by atoms with Gasteiger partial charge in [-0.2, -0.15) is 0 Å². The molecule has 3 amide bonds. The molecule has 11 heteroatoms. The van der Waals surface area contributed by atoms with Crippen molar-refractivity contribution in [3.63, 3.8) is 0 Å². The van der Waals surface area contributed by atoms with Gasteiger partial charge in [-0.3, -0.25) is 14.4 Å². The topological polar surface area (TPSA) is 121 Å². The maximum Gasteiger partial charge on any atom is 0.262 e. The van der Waals surface area contributed by atoms with Gasteiger partial charge in [-0.25, -0.2) is 19.9 Å². The molecule has 1 atom stereocenters. The van der Waals surface area contributed by atoms with E-state index in [1.807, 2.05) is 10.3 Å². The van der Waals surface area contributed by atoms with Crippen LogP contribution in [0.5, 0.6) is 0 Å². The van der Waals surface area contributed by atoms with Gasteiger partial charge in [-0.1, -0.05) is 6.08 Å². The highest BCUT2D eigenvalue weighted by molar-refractivity contribution is 7.13. The van der Waals surface area contributed by atoms with E-state index in [1.165, 1.54) is 23.6 Å². The van der Waals surface area contributed by atoms with Crippen LogP contribution < -0.4 is 10.2 Å². The van der Waals surface area contributed by atoms with Crippen molar-refractivity contribution < 1.29 is 14.4 Å². The zero-order valence-electron chi connectivity index (χ0n) is 16.7. The Morgan fingerprint density at radius 3 is 2.68 bits per heavy atom. The van der Waals surface area contributed by atoms with Gasteiger partial charge in [0, 0.05) is 56.6 Å². The smallest absolute Gasteiger partial charge is 0.262 e. The second-order valence-corrected chi connectivity index (χ2v) is 7.89. The van der Waals surface area contributed by atoms with Crippen molar-refractivity contribution in [1.29, 1.82) is 0 Å². The molecule has 1 unspecified atom stereocenters. The summed E-state index contributed by atoms with van der Waals surface area (Å²) in [6, 6.07) is 1.78. The number of dihydropyridines is 1. The second-order valence-electron chi connectivity index (χ2n) is 7.03. The van der Waals surface area contributed by atoms with Crippen LogP contribution in [0.4, 0.5) is 11.1 Å². The number of carbonyl (C=O) groups is 3. The first-order chi connectivity index (χ1) is 15.1. The lowest BCUT2D eigenvalue weighted by Gasteiger charge is -2.34. The first-order valence-electron chi connectivity index (χ1n) is 9.90. The molecule has 0 bridgehead atoms. The lowest BCUT2D eigenvalue weighted by atomic mass is 10.1. The number of hydrogen-bond donors (Lipinski definition) is 1. The minimum atomic E-state index is -0.932. The van der Waals surface area contributed by atoms with Gasteiger partial charge in [-0.05, 0) is 18.6 Å². The minimum absolute atomic E-state index is 0.0722. The average molecular weight is 440 g/mol. The average Bonchev–Trinajstić information content (AvgIpc) is 3.25. The molecule has 0 spiro atoms. The predicted molar refractivity (Wildman–Crippen MR) is 116 cm³/mol. The number of aryl methyl sites for hydroxylation is 1. The molecule has 0 radical (unpaired) electrons. The van der Waals surface area contributed by atoms with Gasteiger partial charge in [0.15, 0.2) is 5.13 Å². The summed E-state index contributed by atoms with van der Waals surface area (Å²) in [5.41, 5.74) is 0.730. The molecule has 4 heterocycles. The molecular weight excluding hydrogens is 418 g/mol. The Balaban J connectivity index is 1.23. The zero-order valence-corrected chi connectivity index (χ0v) is 17.5. The molecule has 1 saturated heterocycles. The van der Waals surface area contributed by atoms with E-state index in [2.05, 4.69) is 30.2 Å². The number of hydrogen-bond acceptors (Lipinski definition) is 8. The standard InChI is InChI=1S/C20H21N7O3S/c28-16(26-9-11-27(12-10-26)19-22-7-2-8-23-19)5-4-14-13-31-20(24-14)25-18(30)15-3-1-6-21-17(15)29/h1-3,6-8,13,15H,4-5,9-12H2,(H,24,25,30). The number of rotatable bonds is 6. The van der Waals surface area contributed by atoms with Crippen LogP contribution in [0.2, 0.25) is 0 Å². The number of nitrogens with zero attached hydrogens (tertiary/aromatic N) is 6. The Bertz CT molecular complexity index is 1010. The highest BCUT2D eigenvalue weighted by Gasteiger charge is 2.26. The van der Waals surface area contributed by atoms with E-state index >= 15 is 0 Å². The van der Waals surface area contributed by atoms with Crippen molar-refractivity contribution in [1.82, 2.24) is 19.9 Å². The molecule has 2 aliphatic rings. The maximum absolute atomic E-state index is 12.6. The monoisotopic (exact) mass is 439 g/mol. The lowest BCUT2D eigenvalue weighted by molar-refractivity contribution is -0.131. The Morgan fingerprint density at radius 2 is 1.94 bits per heavy atom. The molecule has 31 heavy (non-hydrogen) atoms. The first kappa shape index (κ1) is 20.8. The van der Waals surface area contributed by atoms with Gasteiger partial charge in [0.2, 0.25) is 17.8 Å². The number of aliphatic imine (C=N–C) groups is 1. The first-order valence-corrected chi connectivity index (χ1v) is 10.8. The lowest BCUT2D eigenvalue weighted by Crippen LogP contribution is -2.49. The van der Waals surface area contributed by atoms with Gasteiger partial charge in [0.1, 0.15) is 5.92 Å². The summed E-state index contributed by atoms with van der Waals surface area (Å²) < 4.78 is 0. The van der Waals surface area contributed by atoms with E-state index in [9.17, 15) is 14.4 Å². The van der Waals surface area contributed by atoms with Gasteiger partial charge in [-0.15, -0.1) is 11.3 Å². The fourth-order valence-corrected chi connectivity index (χ4v) is 4.05. The van der Waals surface area contributed by atoms with E-state index in [0.717, 1.165) is 5.69 Å². The van der Waals surface area contributed by atoms with Crippen LogP contribution in [0.3, 0.4) is 0 Å². The summed E-state index contributed by atoms with van der Waals surface area (Å²) in [7, 11) is 0. The Hall–Kier alpha value is -3.47. The molecular formula is C20H21N7O3S. The Labute approximate surface area is 182 Å². The fourth-order valence-electron chi connectivity index (χ4n) is 3.31. The maximum atomic E-state index is 12.6. The number of carbonyl (C=O) groups excluding carboxylic acids is 3. The summed E-state index contributed by atoms with van der Waals surface area (Å²) >= 11 is 1.27. The van der Waals surface area contributed by atoms with Crippen molar-refractivity contribution >= 4 is 46.4 Å². The summed E-state index contributed by atoms with van der Waals surface area (Å²) in [6.45, 7) is 2.64. The number of anilines is 2. The quantitative estimate of drug-likeness (QED) is 0.665. The van der Waals surface area contributed by atoms with Crippen LogP contribution >= 0.6 is 11.3 Å². The van der Waals surface area contributed by atoms with Crippen molar-refractivity contribution in [2.24, 2.45) is 10.9 Å². The molecule has 0 aromatic carbocycles. The third-order valence-electron chi connectivity index (χ3n) is 4.98. The number of thiazole rings is 1. The molecule has 2 aromatic heterocycles. The van der Waals surface area contributed by atoms with E-state index in [4.69, 9.17) is 0 Å². The van der Waals surface area contributed by atoms with Crippen LogP contribution in [0, 0.1) is 5.92 Å². The van der Waals surface area contributed by atoms with Gasteiger partial charge in [0.05, 0.1) is 5.69 Å². The second kappa shape index (κ2) is 9.56. The number of allylic oxidation sites excluding steroid dienone is 1. The van der Waals surface area contributed by atoms with Crippen LogP contribution in [0.15, 0.2) is 41.0 Å². The molecule has 0 saturated carbocycles. The van der Waals surface area contributed by atoms with E-state index in [1.54, 1.807) is 24.5 Å². The van der Waals surface area contributed by atoms with E-state index in [-0.39, 0.29) is 5.91 Å². The number of amides is 3. The predicted octanol–water partition coefficient (Wildman–Crippen LogP) is 0.936. The van der Waals surface area contributed by atoms with E-state index < -0.39 is 17.7 Å². The summed E-state index contributed by atoms with van der Waals surface area (Å²) in [5, 5.41) is 4.86. The van der Waals surface area contributed by atoms with E-state index in [0.29, 0.717) is 50.1 Å².